The van der Waals surface area contributed by atoms with Gasteiger partial charge in [-0.05, 0) is 6.42 Å². The predicted molar refractivity (Wildman–Crippen MR) is 129 cm³/mol. The number of halogens is 1. The van der Waals surface area contributed by atoms with Gasteiger partial charge in [-0.15, -0.1) is 0 Å². The van der Waals surface area contributed by atoms with E-state index in [0.717, 1.165) is 12.1 Å². The first kappa shape index (κ1) is 26.3. The van der Waals surface area contributed by atoms with E-state index in [4.69, 9.17) is 4.74 Å². The maximum Gasteiger partial charge on any atom is 0.223 e. The van der Waals surface area contributed by atoms with Crippen molar-refractivity contribution in [1.29, 1.82) is 0 Å². The molecule has 0 amide bonds. The average molecular weight is 471 g/mol. The Bertz CT molecular complexity index is 570. The highest BCUT2D eigenvalue weighted by atomic mass is 79.9. The summed E-state index contributed by atoms with van der Waals surface area (Å²) in [5.74, 6) is 0.471. The molecule has 0 atom stereocenters. The summed E-state index contributed by atoms with van der Waals surface area (Å²) in [6, 6.07) is 1.65. The molecule has 0 aliphatic heterocycles. The first-order chi connectivity index (χ1) is 14.2. The van der Waals surface area contributed by atoms with Crippen molar-refractivity contribution < 1.29 is 4.74 Å². The molecule has 0 saturated heterocycles. The summed E-state index contributed by atoms with van der Waals surface area (Å²) in [5, 5.41) is 0.679. The standard InChI is InChI=1S/C25H44BrNO2/c1-3-4-5-6-7-8-9-10-11-12-13-14-15-16-17-18-19-29-25-22-27(2)23(21-26)20-24(25)28/h20,22H,3-19,21H2,1-2H3. The van der Waals surface area contributed by atoms with E-state index in [-0.39, 0.29) is 5.43 Å². The zero-order valence-corrected chi connectivity index (χ0v) is 20.6. The molecule has 0 unspecified atom stereocenters. The van der Waals surface area contributed by atoms with E-state index >= 15 is 0 Å². The number of nitrogens with zero attached hydrogens (tertiary/aromatic N) is 1. The quantitative estimate of drug-likeness (QED) is 0.152. The summed E-state index contributed by atoms with van der Waals surface area (Å²) in [6.45, 7) is 2.92. The van der Waals surface area contributed by atoms with Gasteiger partial charge in [0.1, 0.15) is 0 Å². The lowest BCUT2D eigenvalue weighted by molar-refractivity contribution is 0.299. The number of aromatic nitrogens is 1. The molecular formula is C25H44BrNO2. The van der Waals surface area contributed by atoms with Gasteiger partial charge in [0.15, 0.2) is 5.75 Å². The highest BCUT2D eigenvalue weighted by Crippen LogP contribution is 2.14. The summed E-state index contributed by atoms with van der Waals surface area (Å²) in [5.41, 5.74) is 0.943. The van der Waals surface area contributed by atoms with Crippen LogP contribution in [0.15, 0.2) is 17.1 Å². The normalized spacial score (nSPS) is 11.1. The average Bonchev–Trinajstić information content (AvgIpc) is 2.72. The molecule has 1 rings (SSSR count). The highest BCUT2D eigenvalue weighted by molar-refractivity contribution is 9.08. The fraction of sp³-hybridized carbons (Fsp3) is 0.800. The maximum absolute atomic E-state index is 12.0. The lowest BCUT2D eigenvalue weighted by Crippen LogP contribution is -2.13. The number of hydrogen-bond acceptors (Lipinski definition) is 2. The molecule has 1 aromatic rings. The zero-order chi connectivity index (χ0) is 21.2. The van der Waals surface area contributed by atoms with Crippen LogP contribution in [-0.2, 0) is 12.4 Å². The number of unbranched alkanes of at least 4 members (excludes halogenated alkanes) is 15. The van der Waals surface area contributed by atoms with Gasteiger partial charge in [-0.25, -0.2) is 0 Å². The Balaban J connectivity index is 1.87. The van der Waals surface area contributed by atoms with E-state index in [1.165, 1.54) is 96.3 Å². The van der Waals surface area contributed by atoms with Crippen molar-refractivity contribution in [2.75, 3.05) is 6.61 Å². The molecule has 0 N–H and O–H groups in total. The third-order valence-electron chi connectivity index (χ3n) is 5.70. The summed E-state index contributed by atoms with van der Waals surface area (Å²) in [7, 11) is 1.94. The van der Waals surface area contributed by atoms with E-state index in [0.29, 0.717) is 17.7 Å². The molecule has 0 bridgehead atoms. The number of aryl methyl sites for hydroxylation is 1. The summed E-state index contributed by atoms with van der Waals surface area (Å²) >= 11 is 3.39. The fourth-order valence-corrected chi connectivity index (χ4v) is 4.28. The van der Waals surface area contributed by atoms with E-state index in [1.807, 2.05) is 11.6 Å². The Hall–Kier alpha value is -0.770. The number of pyridine rings is 1. The van der Waals surface area contributed by atoms with Crippen LogP contribution in [0.2, 0.25) is 0 Å². The second-order valence-corrected chi connectivity index (χ2v) is 8.95. The van der Waals surface area contributed by atoms with E-state index < -0.39 is 0 Å². The first-order valence-electron chi connectivity index (χ1n) is 12.1. The van der Waals surface area contributed by atoms with E-state index in [2.05, 4.69) is 22.9 Å². The van der Waals surface area contributed by atoms with Crippen LogP contribution in [0, 0.1) is 0 Å². The molecule has 3 nitrogen and oxygen atoms in total. The Kier molecular flexibility index (Phi) is 16.3. The van der Waals surface area contributed by atoms with Gasteiger partial charge in [-0.2, -0.15) is 0 Å². The molecule has 0 fully saturated rings. The summed E-state index contributed by atoms with van der Waals surface area (Å²) < 4.78 is 7.63. The lowest BCUT2D eigenvalue weighted by Gasteiger charge is -2.10. The fourth-order valence-electron chi connectivity index (χ4n) is 3.72. The van der Waals surface area contributed by atoms with Crippen molar-refractivity contribution >= 4 is 15.9 Å². The van der Waals surface area contributed by atoms with Gasteiger partial charge in [0.05, 0.1) is 12.8 Å². The molecule has 0 aliphatic carbocycles. The number of alkyl halides is 1. The van der Waals surface area contributed by atoms with Crippen LogP contribution < -0.4 is 10.2 Å². The molecule has 0 saturated carbocycles. The molecule has 29 heavy (non-hydrogen) atoms. The van der Waals surface area contributed by atoms with Crippen molar-refractivity contribution in [1.82, 2.24) is 4.57 Å². The van der Waals surface area contributed by atoms with Gasteiger partial charge in [0.25, 0.3) is 0 Å². The summed E-state index contributed by atoms with van der Waals surface area (Å²) in [6.07, 6.45) is 23.6. The molecule has 1 heterocycles. The molecule has 4 heteroatoms. The Labute approximate surface area is 187 Å². The zero-order valence-electron chi connectivity index (χ0n) is 19.0. The van der Waals surface area contributed by atoms with Gasteiger partial charge in [-0.3, -0.25) is 4.79 Å². The molecule has 0 aliphatic rings. The maximum atomic E-state index is 12.0. The Morgan fingerprint density at radius 2 is 1.24 bits per heavy atom. The molecule has 1 aromatic heterocycles. The second kappa shape index (κ2) is 18.0. The van der Waals surface area contributed by atoms with Crippen LogP contribution >= 0.6 is 15.9 Å². The predicted octanol–water partition coefficient (Wildman–Crippen LogP) is 7.92. The minimum atomic E-state index is -0.0194. The van der Waals surface area contributed by atoms with Crippen molar-refractivity contribution in [2.45, 2.75) is 115 Å². The molecular weight excluding hydrogens is 426 g/mol. The van der Waals surface area contributed by atoms with Crippen LogP contribution in [0.1, 0.15) is 115 Å². The second-order valence-electron chi connectivity index (χ2n) is 8.39. The van der Waals surface area contributed by atoms with Crippen LogP contribution in [0.4, 0.5) is 0 Å². The molecule has 0 radical (unpaired) electrons. The van der Waals surface area contributed by atoms with Gasteiger partial charge >= 0.3 is 0 Å². The smallest absolute Gasteiger partial charge is 0.223 e. The number of ether oxygens (including phenoxy) is 1. The molecule has 168 valence electrons. The highest BCUT2D eigenvalue weighted by Gasteiger charge is 2.04. The number of rotatable bonds is 19. The third-order valence-corrected chi connectivity index (χ3v) is 6.27. The van der Waals surface area contributed by atoms with Crippen LogP contribution in [0.5, 0.6) is 5.75 Å². The van der Waals surface area contributed by atoms with Crippen LogP contribution in [0.3, 0.4) is 0 Å². The van der Waals surface area contributed by atoms with Gasteiger partial charge in [0, 0.05) is 24.1 Å². The van der Waals surface area contributed by atoms with Crippen LogP contribution in [-0.4, -0.2) is 11.2 Å². The molecule has 0 aromatic carbocycles. The minimum Gasteiger partial charge on any atom is -0.488 e. The van der Waals surface area contributed by atoms with E-state index in [9.17, 15) is 4.79 Å². The van der Waals surface area contributed by atoms with E-state index in [1.54, 1.807) is 12.3 Å². The van der Waals surface area contributed by atoms with Gasteiger partial charge in [0.2, 0.25) is 5.43 Å². The monoisotopic (exact) mass is 469 g/mol. The largest absolute Gasteiger partial charge is 0.488 e. The van der Waals surface area contributed by atoms with Crippen LogP contribution in [0.25, 0.3) is 0 Å². The summed E-state index contributed by atoms with van der Waals surface area (Å²) in [4.78, 5) is 12.0. The Morgan fingerprint density at radius 3 is 1.69 bits per heavy atom. The Morgan fingerprint density at radius 1 is 0.793 bits per heavy atom. The SMILES string of the molecule is CCCCCCCCCCCCCCCCCCOc1cn(C)c(CBr)cc1=O. The topological polar surface area (TPSA) is 31.2 Å². The van der Waals surface area contributed by atoms with Gasteiger partial charge < -0.3 is 9.30 Å². The van der Waals surface area contributed by atoms with Gasteiger partial charge in [-0.1, -0.05) is 119 Å². The van der Waals surface area contributed by atoms with Crippen molar-refractivity contribution in [3.8, 4) is 5.75 Å². The van der Waals surface area contributed by atoms with Crippen molar-refractivity contribution in [2.24, 2.45) is 7.05 Å². The van der Waals surface area contributed by atoms with Crippen molar-refractivity contribution in [3.05, 3.63) is 28.2 Å². The first-order valence-corrected chi connectivity index (χ1v) is 13.2. The third kappa shape index (κ3) is 13.2. The number of hydrogen-bond donors (Lipinski definition) is 0. The molecule has 0 spiro atoms. The minimum absolute atomic E-state index is 0.0194. The van der Waals surface area contributed by atoms with Crippen molar-refractivity contribution in [3.63, 3.8) is 0 Å². The lowest BCUT2D eigenvalue weighted by atomic mass is 10.0.